The van der Waals surface area contributed by atoms with E-state index in [2.05, 4.69) is 154 Å². The molecule has 0 unspecified atom stereocenters. The Morgan fingerprint density at radius 2 is 0.853 bits per heavy atom. The van der Waals surface area contributed by atoms with Crippen LogP contribution in [-0.4, -0.2) is 0 Å². The third kappa shape index (κ3) is 3.76. The van der Waals surface area contributed by atoms with Gasteiger partial charge in [0.25, 0.3) is 0 Å². The van der Waals surface area contributed by atoms with Gasteiger partial charge in [-0.3, -0.25) is 0 Å². The summed E-state index contributed by atoms with van der Waals surface area (Å²) in [5.41, 5.74) is 5.88. The third-order valence-corrected chi connectivity index (χ3v) is 6.85. The predicted molar refractivity (Wildman–Crippen MR) is 149 cm³/mol. The molecule has 0 aliphatic rings. The summed E-state index contributed by atoms with van der Waals surface area (Å²) in [7, 11) is 0. The fourth-order valence-electron chi connectivity index (χ4n) is 4.66. The molecule has 0 heterocycles. The van der Waals surface area contributed by atoms with Crippen LogP contribution in [0.15, 0.2) is 138 Å². The molecule has 6 aromatic carbocycles. The normalized spacial score (nSPS) is 11.1. The zero-order chi connectivity index (χ0) is 22.9. The van der Waals surface area contributed by atoms with Crippen molar-refractivity contribution in [3.8, 4) is 11.1 Å². The fourth-order valence-corrected chi connectivity index (χ4v) is 4.92. The summed E-state index contributed by atoms with van der Waals surface area (Å²) in [6.07, 6.45) is 0. The van der Waals surface area contributed by atoms with Gasteiger partial charge in [-0.1, -0.05) is 113 Å². The number of rotatable bonds is 4. The first-order chi connectivity index (χ1) is 16.8. The van der Waals surface area contributed by atoms with Gasteiger partial charge in [-0.25, -0.2) is 0 Å². The zero-order valence-electron chi connectivity index (χ0n) is 18.5. The van der Waals surface area contributed by atoms with Crippen LogP contribution in [0, 0.1) is 0 Å². The molecule has 0 aromatic heterocycles. The second-order valence-electron chi connectivity index (χ2n) is 8.39. The quantitative estimate of drug-likeness (QED) is 0.233. The second-order valence-corrected chi connectivity index (χ2v) is 9.30. The Morgan fingerprint density at radius 1 is 0.412 bits per heavy atom. The van der Waals surface area contributed by atoms with E-state index in [1.807, 2.05) is 0 Å². The van der Waals surface area contributed by atoms with Gasteiger partial charge in [0.05, 0.1) is 11.4 Å². The Bertz CT molecular complexity index is 1510. The highest BCUT2D eigenvalue weighted by atomic mass is 79.9. The van der Waals surface area contributed by atoms with E-state index in [0.29, 0.717) is 0 Å². The highest BCUT2D eigenvalue weighted by Crippen LogP contribution is 2.42. The van der Waals surface area contributed by atoms with Crippen LogP contribution in [0.5, 0.6) is 0 Å². The molecule has 0 N–H and O–H groups in total. The molecule has 0 fully saturated rings. The maximum Gasteiger partial charge on any atom is 0.0540 e. The summed E-state index contributed by atoms with van der Waals surface area (Å²) in [6, 6.07) is 47.6. The fraction of sp³-hybridized carbons (Fsp3) is 0. The Labute approximate surface area is 208 Å². The number of halogens is 1. The van der Waals surface area contributed by atoms with E-state index in [1.165, 1.54) is 44.0 Å². The van der Waals surface area contributed by atoms with Gasteiger partial charge in [-0.05, 0) is 58.3 Å². The molecule has 0 atom stereocenters. The molecule has 6 rings (SSSR count). The summed E-state index contributed by atoms with van der Waals surface area (Å²) >= 11 is 3.53. The first kappa shape index (κ1) is 20.7. The molecule has 0 spiro atoms. The van der Waals surface area contributed by atoms with Crippen molar-refractivity contribution >= 4 is 54.5 Å². The molecule has 2 heteroatoms. The molecule has 0 aliphatic carbocycles. The molecule has 0 bridgehead atoms. The minimum atomic E-state index is 1.09. The molecule has 0 aliphatic heterocycles. The van der Waals surface area contributed by atoms with Gasteiger partial charge in [0.2, 0.25) is 0 Å². The number of nitrogens with zero attached hydrogens (tertiary/aromatic N) is 1. The average molecular weight is 500 g/mol. The largest absolute Gasteiger partial charge is 0.309 e. The average Bonchev–Trinajstić information content (AvgIpc) is 2.90. The van der Waals surface area contributed by atoms with Crippen molar-refractivity contribution < 1.29 is 0 Å². The van der Waals surface area contributed by atoms with Gasteiger partial charge >= 0.3 is 0 Å². The lowest BCUT2D eigenvalue weighted by Gasteiger charge is -2.28. The monoisotopic (exact) mass is 499 g/mol. The van der Waals surface area contributed by atoms with Gasteiger partial charge in [0.15, 0.2) is 0 Å². The van der Waals surface area contributed by atoms with Crippen LogP contribution < -0.4 is 4.90 Å². The first-order valence-corrected chi connectivity index (χ1v) is 12.2. The Kier molecular flexibility index (Phi) is 5.37. The Morgan fingerprint density at radius 3 is 1.38 bits per heavy atom. The minimum Gasteiger partial charge on any atom is -0.309 e. The van der Waals surface area contributed by atoms with E-state index in [1.54, 1.807) is 0 Å². The first-order valence-electron chi connectivity index (χ1n) is 11.4. The third-order valence-electron chi connectivity index (χ3n) is 6.32. The van der Waals surface area contributed by atoms with Gasteiger partial charge in [0.1, 0.15) is 0 Å². The molecule has 6 aromatic rings. The van der Waals surface area contributed by atoms with Crippen molar-refractivity contribution in [2.24, 2.45) is 0 Å². The van der Waals surface area contributed by atoms with E-state index in [-0.39, 0.29) is 0 Å². The SMILES string of the molecule is Brc1ccc(-c2ccc(N(c3cccc4ccccc34)c3cccc4ccccc34)cc2)cc1. The smallest absolute Gasteiger partial charge is 0.0540 e. The van der Waals surface area contributed by atoms with Crippen LogP contribution in [0.4, 0.5) is 17.1 Å². The molecular weight excluding hydrogens is 478 g/mol. The maximum atomic E-state index is 3.53. The summed E-state index contributed by atoms with van der Waals surface area (Å²) in [5, 5.41) is 4.93. The highest BCUT2D eigenvalue weighted by Gasteiger charge is 2.17. The van der Waals surface area contributed by atoms with Crippen LogP contribution >= 0.6 is 15.9 Å². The van der Waals surface area contributed by atoms with Crippen LogP contribution in [0.25, 0.3) is 32.7 Å². The number of anilines is 3. The molecule has 162 valence electrons. The highest BCUT2D eigenvalue weighted by molar-refractivity contribution is 9.10. The Balaban J connectivity index is 1.56. The van der Waals surface area contributed by atoms with Gasteiger partial charge in [-0.2, -0.15) is 0 Å². The molecule has 0 radical (unpaired) electrons. The van der Waals surface area contributed by atoms with Crippen LogP contribution in [-0.2, 0) is 0 Å². The molecule has 0 amide bonds. The topological polar surface area (TPSA) is 3.24 Å². The molecule has 1 nitrogen and oxygen atoms in total. The lowest BCUT2D eigenvalue weighted by Crippen LogP contribution is -2.11. The van der Waals surface area contributed by atoms with Crippen molar-refractivity contribution in [1.29, 1.82) is 0 Å². The van der Waals surface area contributed by atoms with Crippen LogP contribution in [0.1, 0.15) is 0 Å². The van der Waals surface area contributed by atoms with Crippen LogP contribution in [0.2, 0.25) is 0 Å². The summed E-state index contributed by atoms with van der Waals surface area (Å²) in [6.45, 7) is 0. The van der Waals surface area contributed by atoms with Crippen LogP contribution in [0.3, 0.4) is 0 Å². The number of hydrogen-bond acceptors (Lipinski definition) is 1. The van der Waals surface area contributed by atoms with Gasteiger partial charge in [0, 0.05) is 20.9 Å². The van der Waals surface area contributed by atoms with Crippen molar-refractivity contribution in [2.45, 2.75) is 0 Å². The number of fused-ring (bicyclic) bond motifs is 2. The summed E-state index contributed by atoms with van der Waals surface area (Å²) in [5.74, 6) is 0. The molecular formula is C32H22BrN. The van der Waals surface area contributed by atoms with E-state index in [9.17, 15) is 0 Å². The van der Waals surface area contributed by atoms with E-state index >= 15 is 0 Å². The predicted octanol–water partition coefficient (Wildman–Crippen LogP) is 9.89. The van der Waals surface area contributed by atoms with Crippen molar-refractivity contribution in [3.63, 3.8) is 0 Å². The number of benzene rings is 6. The van der Waals surface area contributed by atoms with Crippen molar-refractivity contribution in [1.82, 2.24) is 0 Å². The lowest BCUT2D eigenvalue weighted by molar-refractivity contribution is 1.31. The lowest BCUT2D eigenvalue weighted by atomic mass is 10.0. The Hall–Kier alpha value is -3.88. The van der Waals surface area contributed by atoms with E-state index in [0.717, 1.165) is 10.2 Å². The van der Waals surface area contributed by atoms with Gasteiger partial charge < -0.3 is 4.90 Å². The standard InChI is InChI=1S/C32H22BrN/c33-27-19-15-23(16-20-27)24-17-21-28(22-18-24)34(31-13-5-9-25-7-1-3-11-29(25)31)32-14-6-10-26-8-2-4-12-30(26)32/h1-22H. The minimum absolute atomic E-state index is 1.09. The van der Waals surface area contributed by atoms with E-state index in [4.69, 9.17) is 0 Å². The summed E-state index contributed by atoms with van der Waals surface area (Å²) < 4.78 is 1.09. The second kappa shape index (κ2) is 8.81. The van der Waals surface area contributed by atoms with Crippen molar-refractivity contribution in [3.05, 3.63) is 138 Å². The van der Waals surface area contributed by atoms with E-state index < -0.39 is 0 Å². The molecule has 34 heavy (non-hydrogen) atoms. The maximum absolute atomic E-state index is 3.53. The zero-order valence-corrected chi connectivity index (χ0v) is 20.1. The number of hydrogen-bond donors (Lipinski definition) is 0. The van der Waals surface area contributed by atoms with Crippen molar-refractivity contribution in [2.75, 3.05) is 4.90 Å². The molecule has 0 saturated carbocycles. The molecule has 0 saturated heterocycles. The summed E-state index contributed by atoms with van der Waals surface area (Å²) in [4.78, 5) is 2.38. The van der Waals surface area contributed by atoms with Gasteiger partial charge in [-0.15, -0.1) is 0 Å².